The molecule has 12 nitrogen and oxygen atoms in total. The number of benzene rings is 1. The molecule has 0 bridgehead atoms. The van der Waals surface area contributed by atoms with Crippen LogP contribution in [0.5, 0.6) is 0 Å². The number of H-pyrrole nitrogens is 1. The lowest BCUT2D eigenvalue weighted by atomic mass is 9.95. The Morgan fingerprint density at radius 2 is 2.06 bits per heavy atom. The molecule has 2 amide bonds. The normalized spacial score (nSPS) is 20.5. The van der Waals surface area contributed by atoms with Crippen molar-refractivity contribution in [2.75, 3.05) is 12.4 Å². The van der Waals surface area contributed by atoms with Crippen LogP contribution in [0.25, 0.3) is 0 Å². The number of aliphatic carboxylic acids is 1. The van der Waals surface area contributed by atoms with E-state index in [1.807, 2.05) is 0 Å². The minimum Gasteiger partial charge on any atom is -0.477 e. The van der Waals surface area contributed by atoms with Crippen molar-refractivity contribution < 1.29 is 33.5 Å². The summed E-state index contributed by atoms with van der Waals surface area (Å²) in [7, 11) is 0. The molecule has 13 heteroatoms. The second-order valence-electron chi connectivity index (χ2n) is 7.26. The Morgan fingerprint density at radius 3 is 2.67 bits per heavy atom. The molecule has 1 saturated heterocycles. The molecule has 2 aliphatic rings. The van der Waals surface area contributed by atoms with Crippen LogP contribution in [0, 0.1) is 0 Å². The molecule has 3 N–H and O–H groups in total. The van der Waals surface area contributed by atoms with Crippen LogP contribution in [-0.2, 0) is 23.9 Å². The number of carbonyl (C=O) groups excluding carboxylic acids is 3. The molecule has 33 heavy (non-hydrogen) atoms. The first-order valence-electron chi connectivity index (χ1n) is 9.72. The third-order valence-electron chi connectivity index (χ3n) is 5.12. The molecule has 172 valence electrons. The first-order chi connectivity index (χ1) is 15.8. The summed E-state index contributed by atoms with van der Waals surface area (Å²) in [6.45, 7) is 0.957. The van der Waals surface area contributed by atoms with Crippen molar-refractivity contribution in [2.24, 2.45) is 0 Å². The number of carboxylic acids is 1. The lowest BCUT2D eigenvalue weighted by Crippen LogP contribution is -2.71. The van der Waals surface area contributed by atoms with Crippen LogP contribution in [-0.4, -0.2) is 67.7 Å². The Morgan fingerprint density at radius 1 is 1.33 bits per heavy atom. The molecule has 3 unspecified atom stereocenters. The van der Waals surface area contributed by atoms with Crippen LogP contribution in [0.2, 0.25) is 0 Å². The fourth-order valence-corrected chi connectivity index (χ4v) is 4.99. The highest BCUT2D eigenvalue weighted by Gasteiger charge is 2.54. The summed E-state index contributed by atoms with van der Waals surface area (Å²) in [4.78, 5) is 63.8. The first kappa shape index (κ1) is 22.3. The summed E-state index contributed by atoms with van der Waals surface area (Å²) < 4.78 is 9.44. The van der Waals surface area contributed by atoms with Crippen LogP contribution in [0.1, 0.15) is 24.2 Å². The monoisotopic (exact) mass is 474 g/mol. The largest absolute Gasteiger partial charge is 0.477 e. The summed E-state index contributed by atoms with van der Waals surface area (Å²) in [6.07, 6.45) is 0. The van der Waals surface area contributed by atoms with Gasteiger partial charge in [-0.05, 0) is 5.56 Å². The van der Waals surface area contributed by atoms with Gasteiger partial charge in [-0.1, -0.05) is 35.5 Å². The number of fused-ring (bicyclic) bond motifs is 1. The number of carbonyl (C=O) groups is 4. The van der Waals surface area contributed by atoms with Crippen LogP contribution < -0.4 is 11.1 Å². The number of amides is 2. The number of esters is 1. The van der Waals surface area contributed by atoms with E-state index in [4.69, 9.17) is 4.74 Å². The molecular formula is C20H18N4O8S. The van der Waals surface area contributed by atoms with Gasteiger partial charge in [0.15, 0.2) is 5.82 Å². The lowest BCUT2D eigenvalue weighted by molar-refractivity contribution is -0.151. The number of thioether (sulfide) groups is 1. The molecule has 2 aromatic rings. The highest BCUT2D eigenvalue weighted by Crippen LogP contribution is 2.40. The molecule has 0 saturated carbocycles. The van der Waals surface area contributed by atoms with Gasteiger partial charge in [0.25, 0.3) is 5.91 Å². The summed E-state index contributed by atoms with van der Waals surface area (Å²) in [5.41, 5.74) is 0.546. The van der Waals surface area contributed by atoms with Crippen molar-refractivity contribution in [1.29, 1.82) is 0 Å². The first-order valence-corrected chi connectivity index (χ1v) is 10.8. The van der Waals surface area contributed by atoms with E-state index >= 15 is 0 Å². The number of nitrogens with one attached hydrogen (secondary N) is 2. The molecule has 3 atom stereocenters. The van der Waals surface area contributed by atoms with E-state index < -0.39 is 46.8 Å². The Bertz CT molecular complexity index is 1200. The highest BCUT2D eigenvalue weighted by atomic mass is 32.2. The van der Waals surface area contributed by atoms with Crippen LogP contribution in [0.3, 0.4) is 0 Å². The average molecular weight is 474 g/mol. The number of ether oxygens (including phenoxy) is 1. The van der Waals surface area contributed by atoms with Gasteiger partial charge in [0.1, 0.15) is 29.6 Å². The Kier molecular flexibility index (Phi) is 6.05. The molecule has 2 aliphatic heterocycles. The lowest BCUT2D eigenvalue weighted by Gasteiger charge is -2.49. The molecule has 3 heterocycles. The maximum absolute atomic E-state index is 13.2. The number of aromatic amines is 1. The van der Waals surface area contributed by atoms with Gasteiger partial charge in [0.05, 0.1) is 0 Å². The van der Waals surface area contributed by atoms with Crippen molar-refractivity contribution in [2.45, 2.75) is 24.3 Å². The SMILES string of the molecule is CC(=O)OCC1=C(C(=O)O)N2C(=O)C(NC(=O)C(c3ccccc3)c3noc(=O)[nH]3)C2SC1. The third kappa shape index (κ3) is 4.26. The molecule has 1 fully saturated rings. The molecule has 1 aromatic heterocycles. The summed E-state index contributed by atoms with van der Waals surface area (Å²) >= 11 is 1.24. The minimum atomic E-state index is -1.33. The van der Waals surface area contributed by atoms with Crippen molar-refractivity contribution in [3.63, 3.8) is 0 Å². The minimum absolute atomic E-state index is 0.0292. The van der Waals surface area contributed by atoms with E-state index in [0.717, 1.165) is 4.90 Å². The predicted octanol–water partition coefficient (Wildman–Crippen LogP) is -0.203. The van der Waals surface area contributed by atoms with Crippen molar-refractivity contribution in [1.82, 2.24) is 20.4 Å². The number of nitrogens with zero attached hydrogens (tertiary/aromatic N) is 2. The van der Waals surface area contributed by atoms with Crippen LogP contribution in [0.15, 0.2) is 50.9 Å². The molecule has 0 radical (unpaired) electrons. The second-order valence-corrected chi connectivity index (χ2v) is 8.36. The number of hydrogen-bond acceptors (Lipinski definition) is 9. The maximum Gasteiger partial charge on any atom is 0.438 e. The number of rotatable bonds is 7. The molecule has 1 aromatic carbocycles. The van der Waals surface area contributed by atoms with Gasteiger partial charge in [0.2, 0.25) is 5.91 Å². The van der Waals surface area contributed by atoms with Crippen molar-refractivity contribution in [3.8, 4) is 0 Å². The molecular weight excluding hydrogens is 456 g/mol. The average Bonchev–Trinajstić information content (AvgIpc) is 3.21. The van der Waals surface area contributed by atoms with Gasteiger partial charge in [-0.2, -0.15) is 0 Å². The quantitative estimate of drug-likeness (QED) is 0.360. The number of aromatic nitrogens is 2. The molecule has 4 rings (SSSR count). The third-order valence-corrected chi connectivity index (χ3v) is 6.46. The summed E-state index contributed by atoms with van der Waals surface area (Å²) in [5, 5.41) is 15.2. The fraction of sp³-hybridized carbons (Fsp3) is 0.300. The molecule has 0 spiro atoms. The number of β-lactam (4-membered cyclic amide) rings is 1. The van der Waals surface area contributed by atoms with Gasteiger partial charge in [0, 0.05) is 18.2 Å². The van der Waals surface area contributed by atoms with E-state index in [9.17, 15) is 29.1 Å². The van der Waals surface area contributed by atoms with Crippen LogP contribution in [0.4, 0.5) is 0 Å². The second kappa shape index (κ2) is 8.94. The topological polar surface area (TPSA) is 172 Å². The van der Waals surface area contributed by atoms with E-state index in [-0.39, 0.29) is 23.9 Å². The van der Waals surface area contributed by atoms with Gasteiger partial charge in [-0.15, -0.1) is 11.8 Å². The Balaban J connectivity index is 1.56. The maximum atomic E-state index is 13.2. The number of hydrogen-bond donors (Lipinski definition) is 3. The smallest absolute Gasteiger partial charge is 0.438 e. The van der Waals surface area contributed by atoms with Crippen molar-refractivity contribution in [3.05, 3.63) is 63.5 Å². The van der Waals surface area contributed by atoms with Crippen LogP contribution >= 0.6 is 11.8 Å². The zero-order valence-corrected chi connectivity index (χ0v) is 18.0. The van der Waals surface area contributed by atoms with E-state index in [0.29, 0.717) is 11.1 Å². The summed E-state index contributed by atoms with van der Waals surface area (Å²) in [6, 6.07) is 7.49. The predicted molar refractivity (Wildman–Crippen MR) is 112 cm³/mol. The fourth-order valence-electron chi connectivity index (χ4n) is 3.66. The molecule has 0 aliphatic carbocycles. The zero-order chi connectivity index (χ0) is 23.7. The van der Waals surface area contributed by atoms with E-state index in [1.165, 1.54) is 18.7 Å². The van der Waals surface area contributed by atoms with Gasteiger partial charge >= 0.3 is 17.7 Å². The van der Waals surface area contributed by atoms with Crippen molar-refractivity contribution >= 4 is 35.5 Å². The Hall–Kier alpha value is -3.87. The zero-order valence-electron chi connectivity index (χ0n) is 17.1. The van der Waals surface area contributed by atoms with Gasteiger partial charge < -0.3 is 15.2 Å². The van der Waals surface area contributed by atoms with Gasteiger partial charge in [-0.25, -0.2) is 9.59 Å². The highest BCUT2D eigenvalue weighted by molar-refractivity contribution is 8.00. The standard InChI is InChI=1S/C20H18N4O8S/c1-9(25)31-7-11-8-33-18-13(17(27)24(18)14(11)19(28)29)21-16(26)12(10-5-3-2-4-6-10)15-22-20(30)32-23-15/h2-6,12-13,18H,7-8H2,1H3,(H,21,26)(H,28,29)(H,22,23,30). The Labute approximate surface area is 189 Å². The number of carboxylic acid groups (broad SMARTS) is 1. The van der Waals surface area contributed by atoms with Gasteiger partial charge in [-0.3, -0.25) is 28.8 Å². The van der Waals surface area contributed by atoms with E-state index in [1.54, 1.807) is 30.3 Å². The van der Waals surface area contributed by atoms with E-state index in [2.05, 4.69) is 20.0 Å². The summed E-state index contributed by atoms with van der Waals surface area (Å²) in [5.74, 6) is -4.84.